The van der Waals surface area contributed by atoms with Crippen molar-refractivity contribution in [2.45, 2.75) is 18.7 Å². The lowest BCUT2D eigenvalue weighted by Crippen LogP contribution is -2.52. The summed E-state index contributed by atoms with van der Waals surface area (Å²) < 4.78 is 0. The summed E-state index contributed by atoms with van der Waals surface area (Å²) in [5.74, 6) is 0.548. The number of nitrogens with zero attached hydrogens (tertiary/aromatic N) is 2. The smallest absolute Gasteiger partial charge is 0.244 e. The number of piperazine rings is 1. The van der Waals surface area contributed by atoms with Crippen molar-refractivity contribution in [2.24, 2.45) is 0 Å². The Morgan fingerprint density at radius 3 is 2.55 bits per heavy atom. The zero-order valence-corrected chi connectivity index (χ0v) is 13.3. The lowest BCUT2D eigenvalue weighted by Gasteiger charge is -2.32. The molecule has 1 aromatic rings. The first-order valence-electron chi connectivity index (χ1n) is 6.97. The van der Waals surface area contributed by atoms with Gasteiger partial charge in [0.1, 0.15) is 0 Å². The van der Waals surface area contributed by atoms with Crippen molar-refractivity contribution < 1.29 is 4.79 Å². The van der Waals surface area contributed by atoms with E-state index in [2.05, 4.69) is 49.4 Å². The van der Waals surface area contributed by atoms with Gasteiger partial charge in [-0.15, -0.1) is 11.8 Å². The van der Waals surface area contributed by atoms with Crippen LogP contribution < -0.4 is 5.43 Å². The number of amides is 1. The average molecular weight is 293 g/mol. The van der Waals surface area contributed by atoms with Crippen LogP contribution in [0, 0.1) is 13.8 Å². The zero-order valence-electron chi connectivity index (χ0n) is 12.5. The van der Waals surface area contributed by atoms with Crippen LogP contribution in [0.25, 0.3) is 0 Å². The quantitative estimate of drug-likeness (QED) is 0.857. The van der Waals surface area contributed by atoms with Gasteiger partial charge in [-0.25, -0.2) is 5.01 Å². The molecule has 0 unspecified atom stereocenters. The van der Waals surface area contributed by atoms with Gasteiger partial charge in [0.05, 0.1) is 5.75 Å². The fourth-order valence-electron chi connectivity index (χ4n) is 2.08. The summed E-state index contributed by atoms with van der Waals surface area (Å²) in [6.07, 6.45) is 0. The molecule has 1 saturated heterocycles. The standard InChI is InChI=1S/C15H23N3OS/c1-12-4-5-14(10-13(12)2)20-11-15(19)16-18-8-6-17(3)7-9-18/h4-5,10H,6-9,11H2,1-3H3,(H,16,19). The Morgan fingerprint density at radius 1 is 1.20 bits per heavy atom. The topological polar surface area (TPSA) is 35.6 Å². The van der Waals surface area contributed by atoms with Crippen LogP contribution >= 0.6 is 11.8 Å². The van der Waals surface area contributed by atoms with Gasteiger partial charge in [0.15, 0.2) is 0 Å². The summed E-state index contributed by atoms with van der Waals surface area (Å²) in [6.45, 7) is 8.01. The van der Waals surface area contributed by atoms with E-state index in [0.717, 1.165) is 31.1 Å². The number of hydrogen-bond acceptors (Lipinski definition) is 4. The number of hydrazine groups is 1. The number of benzene rings is 1. The second kappa shape index (κ2) is 7.11. The zero-order chi connectivity index (χ0) is 14.5. The summed E-state index contributed by atoms with van der Waals surface area (Å²) in [6, 6.07) is 6.33. The van der Waals surface area contributed by atoms with Crippen LogP contribution in [0.4, 0.5) is 0 Å². The van der Waals surface area contributed by atoms with E-state index < -0.39 is 0 Å². The van der Waals surface area contributed by atoms with Crippen molar-refractivity contribution in [3.63, 3.8) is 0 Å². The lowest BCUT2D eigenvalue weighted by molar-refractivity contribution is -0.124. The monoisotopic (exact) mass is 293 g/mol. The van der Waals surface area contributed by atoms with Crippen molar-refractivity contribution >= 4 is 17.7 Å². The third-order valence-corrected chi connectivity index (χ3v) is 4.63. The molecule has 1 aliphatic heterocycles. The summed E-state index contributed by atoms with van der Waals surface area (Å²) in [5, 5.41) is 2.02. The van der Waals surface area contributed by atoms with Gasteiger partial charge in [-0.05, 0) is 44.2 Å². The second-order valence-electron chi connectivity index (χ2n) is 5.36. The fraction of sp³-hybridized carbons (Fsp3) is 0.533. The molecule has 0 aromatic heterocycles. The van der Waals surface area contributed by atoms with E-state index in [-0.39, 0.29) is 5.91 Å². The molecule has 0 atom stereocenters. The van der Waals surface area contributed by atoms with Crippen molar-refractivity contribution in [3.05, 3.63) is 29.3 Å². The maximum absolute atomic E-state index is 11.9. The highest BCUT2D eigenvalue weighted by Gasteiger charge is 2.15. The Bertz CT molecular complexity index is 470. The van der Waals surface area contributed by atoms with E-state index in [9.17, 15) is 4.79 Å². The number of thioether (sulfide) groups is 1. The molecule has 110 valence electrons. The van der Waals surface area contributed by atoms with Gasteiger partial charge < -0.3 is 4.90 Å². The number of carbonyl (C=O) groups excluding carboxylic acids is 1. The van der Waals surface area contributed by atoms with Crippen molar-refractivity contribution in [1.82, 2.24) is 15.3 Å². The molecule has 1 aliphatic rings. The lowest BCUT2D eigenvalue weighted by atomic mass is 10.1. The maximum atomic E-state index is 11.9. The molecular weight excluding hydrogens is 270 g/mol. The van der Waals surface area contributed by atoms with Gasteiger partial charge in [0.25, 0.3) is 0 Å². The summed E-state index contributed by atoms with van der Waals surface area (Å²) >= 11 is 1.59. The first-order valence-corrected chi connectivity index (χ1v) is 7.96. The largest absolute Gasteiger partial charge is 0.304 e. The van der Waals surface area contributed by atoms with E-state index in [1.807, 2.05) is 5.01 Å². The Labute approximate surface area is 125 Å². The Kier molecular flexibility index (Phi) is 5.46. The fourth-order valence-corrected chi connectivity index (χ4v) is 2.87. The van der Waals surface area contributed by atoms with Crippen LogP contribution in [-0.2, 0) is 4.79 Å². The van der Waals surface area contributed by atoms with Crippen LogP contribution in [-0.4, -0.2) is 54.8 Å². The molecule has 0 aliphatic carbocycles. The van der Waals surface area contributed by atoms with Crippen molar-refractivity contribution in [3.8, 4) is 0 Å². The molecule has 20 heavy (non-hydrogen) atoms. The molecule has 4 nitrogen and oxygen atoms in total. The number of carbonyl (C=O) groups is 1. The highest BCUT2D eigenvalue weighted by Crippen LogP contribution is 2.20. The van der Waals surface area contributed by atoms with Crippen LogP contribution in [0.5, 0.6) is 0 Å². The van der Waals surface area contributed by atoms with Crippen LogP contribution in [0.15, 0.2) is 23.1 Å². The van der Waals surface area contributed by atoms with Crippen LogP contribution in [0.3, 0.4) is 0 Å². The summed E-state index contributed by atoms with van der Waals surface area (Å²) in [7, 11) is 2.11. The van der Waals surface area contributed by atoms with E-state index in [1.165, 1.54) is 11.1 Å². The minimum Gasteiger partial charge on any atom is -0.304 e. The predicted octanol–water partition coefficient (Wildman–Crippen LogP) is 1.67. The molecule has 0 saturated carbocycles. The van der Waals surface area contributed by atoms with E-state index in [0.29, 0.717) is 5.75 Å². The van der Waals surface area contributed by atoms with Crippen molar-refractivity contribution in [2.75, 3.05) is 39.0 Å². The number of rotatable bonds is 4. The normalized spacial score (nSPS) is 17.1. The molecule has 1 heterocycles. The summed E-state index contributed by atoms with van der Waals surface area (Å²) in [5.41, 5.74) is 5.54. The number of likely N-dealkylation sites (N-methyl/N-ethyl adjacent to an activating group) is 1. The third-order valence-electron chi connectivity index (χ3n) is 3.63. The Hall–Kier alpha value is -1.04. The van der Waals surface area contributed by atoms with Crippen LogP contribution in [0.1, 0.15) is 11.1 Å². The molecule has 1 aromatic carbocycles. The van der Waals surface area contributed by atoms with Gasteiger partial charge in [-0.1, -0.05) is 6.07 Å². The predicted molar refractivity (Wildman–Crippen MR) is 83.9 cm³/mol. The molecule has 1 amide bonds. The number of nitrogens with one attached hydrogen (secondary N) is 1. The SMILES string of the molecule is Cc1ccc(SCC(=O)NN2CCN(C)CC2)cc1C. The van der Waals surface area contributed by atoms with Gasteiger partial charge >= 0.3 is 0 Å². The minimum absolute atomic E-state index is 0.0813. The maximum Gasteiger partial charge on any atom is 0.244 e. The minimum atomic E-state index is 0.0813. The van der Waals surface area contributed by atoms with Crippen LogP contribution in [0.2, 0.25) is 0 Å². The molecular formula is C15H23N3OS. The first-order chi connectivity index (χ1) is 9.54. The number of hydrogen-bond donors (Lipinski definition) is 1. The van der Waals surface area contributed by atoms with E-state index in [4.69, 9.17) is 0 Å². The molecule has 1 N–H and O–H groups in total. The highest BCUT2D eigenvalue weighted by molar-refractivity contribution is 8.00. The second-order valence-corrected chi connectivity index (χ2v) is 6.41. The molecule has 1 fully saturated rings. The highest BCUT2D eigenvalue weighted by atomic mass is 32.2. The van der Waals surface area contributed by atoms with E-state index >= 15 is 0 Å². The van der Waals surface area contributed by atoms with Crippen molar-refractivity contribution in [1.29, 1.82) is 0 Å². The Morgan fingerprint density at radius 2 is 1.90 bits per heavy atom. The molecule has 0 bridgehead atoms. The van der Waals surface area contributed by atoms with Gasteiger partial charge in [0.2, 0.25) is 5.91 Å². The average Bonchev–Trinajstić information content (AvgIpc) is 2.43. The molecule has 0 spiro atoms. The van der Waals surface area contributed by atoms with Gasteiger partial charge in [-0.2, -0.15) is 0 Å². The van der Waals surface area contributed by atoms with Gasteiger partial charge in [-0.3, -0.25) is 10.2 Å². The Balaban J connectivity index is 1.76. The molecule has 2 rings (SSSR count). The van der Waals surface area contributed by atoms with E-state index in [1.54, 1.807) is 11.8 Å². The van der Waals surface area contributed by atoms with Gasteiger partial charge in [0, 0.05) is 31.1 Å². The third kappa shape index (κ3) is 4.51. The molecule has 5 heteroatoms. The summed E-state index contributed by atoms with van der Waals surface area (Å²) in [4.78, 5) is 15.4. The molecule has 0 radical (unpaired) electrons. The number of aryl methyl sites for hydroxylation is 2. The first kappa shape index (κ1) is 15.4.